The Kier molecular flexibility index (Phi) is 5.51. The zero-order valence-electron chi connectivity index (χ0n) is 15.4. The topological polar surface area (TPSA) is 29.5 Å². The van der Waals surface area contributed by atoms with E-state index >= 15 is 0 Å². The van der Waals surface area contributed by atoms with Gasteiger partial charge in [-0.15, -0.1) is 0 Å². The highest BCUT2D eigenvalue weighted by Crippen LogP contribution is 2.34. The minimum atomic E-state index is -1.52. The molecule has 3 nitrogen and oxygen atoms in total. The highest BCUT2D eigenvalue weighted by molar-refractivity contribution is 5.83. The summed E-state index contributed by atoms with van der Waals surface area (Å²) in [5.74, 6) is -4.37. The molecule has 2 bridgehead atoms. The van der Waals surface area contributed by atoms with E-state index in [1.807, 2.05) is 18.2 Å². The van der Waals surface area contributed by atoms with E-state index < -0.39 is 17.5 Å². The lowest BCUT2D eigenvalue weighted by Gasteiger charge is -2.48. The van der Waals surface area contributed by atoms with Crippen molar-refractivity contribution in [3.8, 4) is 0 Å². The molecule has 0 N–H and O–H groups in total. The van der Waals surface area contributed by atoms with E-state index in [1.54, 1.807) is 0 Å². The van der Waals surface area contributed by atoms with Crippen LogP contribution >= 0.6 is 0 Å². The van der Waals surface area contributed by atoms with E-state index in [2.05, 4.69) is 17.0 Å². The molecule has 2 aliphatic rings. The fraction of sp³-hybridized carbons (Fsp3) is 0.409. The third-order valence-electron chi connectivity index (χ3n) is 5.81. The largest absolute Gasteiger partial charge is 0.378 e. The number of ether oxygens (including phenoxy) is 1. The SMILES string of the molecule is O=C(Cc1ccc(F)c(F)c1F)C1CC2COCC(C1)N2Cc1ccccc1. The number of rotatable bonds is 5. The number of carbonyl (C=O) groups is 1. The Labute approximate surface area is 162 Å². The van der Waals surface area contributed by atoms with Crippen molar-refractivity contribution in [1.29, 1.82) is 0 Å². The van der Waals surface area contributed by atoms with Crippen LogP contribution in [-0.4, -0.2) is 36.0 Å². The second-order valence-corrected chi connectivity index (χ2v) is 7.65. The molecule has 2 aliphatic heterocycles. The zero-order chi connectivity index (χ0) is 19.7. The molecule has 0 radical (unpaired) electrons. The number of carbonyl (C=O) groups excluding carboxylic acids is 1. The van der Waals surface area contributed by atoms with Gasteiger partial charge in [0.15, 0.2) is 17.5 Å². The minimum Gasteiger partial charge on any atom is -0.378 e. The zero-order valence-corrected chi connectivity index (χ0v) is 15.4. The fourth-order valence-electron chi connectivity index (χ4n) is 4.34. The first-order valence-electron chi connectivity index (χ1n) is 9.55. The summed E-state index contributed by atoms with van der Waals surface area (Å²) in [6.07, 6.45) is 1.05. The molecular weight excluding hydrogens is 367 g/mol. The van der Waals surface area contributed by atoms with Gasteiger partial charge in [0.2, 0.25) is 0 Å². The third-order valence-corrected chi connectivity index (χ3v) is 5.81. The van der Waals surface area contributed by atoms with Gasteiger partial charge in [-0.05, 0) is 30.0 Å². The van der Waals surface area contributed by atoms with Gasteiger partial charge in [-0.3, -0.25) is 9.69 Å². The number of hydrogen-bond donors (Lipinski definition) is 0. The van der Waals surface area contributed by atoms with Gasteiger partial charge < -0.3 is 4.74 Å². The van der Waals surface area contributed by atoms with Crippen molar-refractivity contribution in [3.63, 3.8) is 0 Å². The van der Waals surface area contributed by atoms with E-state index in [4.69, 9.17) is 4.74 Å². The minimum absolute atomic E-state index is 0.0861. The summed E-state index contributed by atoms with van der Waals surface area (Å²) in [5.41, 5.74) is 1.13. The number of hydrogen-bond acceptors (Lipinski definition) is 3. The lowest BCUT2D eigenvalue weighted by atomic mass is 9.80. The van der Waals surface area contributed by atoms with Crippen molar-refractivity contribution in [2.24, 2.45) is 5.92 Å². The number of morpholine rings is 1. The normalized spacial score (nSPS) is 24.9. The van der Waals surface area contributed by atoms with Crippen molar-refractivity contribution < 1.29 is 22.7 Å². The summed E-state index contributed by atoms with van der Waals surface area (Å²) in [4.78, 5) is 15.2. The smallest absolute Gasteiger partial charge is 0.194 e. The van der Waals surface area contributed by atoms with Gasteiger partial charge in [-0.1, -0.05) is 36.4 Å². The predicted molar refractivity (Wildman–Crippen MR) is 98.1 cm³/mol. The van der Waals surface area contributed by atoms with Gasteiger partial charge in [-0.2, -0.15) is 0 Å². The molecule has 0 aromatic heterocycles. The molecule has 0 spiro atoms. The standard InChI is InChI=1S/C22H22F3NO2/c23-19-7-6-15(21(24)22(19)25)10-20(27)16-8-17-12-28-13-18(9-16)26(17)11-14-4-2-1-3-5-14/h1-7,16-18H,8-13H2. The molecule has 4 rings (SSSR count). The van der Waals surface area contributed by atoms with Crippen LogP contribution in [0.2, 0.25) is 0 Å². The number of benzene rings is 2. The van der Waals surface area contributed by atoms with E-state index in [1.165, 1.54) is 5.56 Å². The third kappa shape index (κ3) is 3.84. The Morgan fingerprint density at radius 2 is 1.64 bits per heavy atom. The van der Waals surface area contributed by atoms with Crippen LogP contribution in [0.1, 0.15) is 24.0 Å². The van der Waals surface area contributed by atoms with Crippen molar-refractivity contribution in [2.45, 2.75) is 37.9 Å². The number of fused-ring (bicyclic) bond motifs is 2. The predicted octanol–water partition coefficient (Wildman–Crippen LogP) is 3.90. The van der Waals surface area contributed by atoms with Crippen LogP contribution in [0.5, 0.6) is 0 Å². The van der Waals surface area contributed by atoms with E-state index in [0.717, 1.165) is 18.7 Å². The molecule has 6 heteroatoms. The molecule has 2 saturated heterocycles. The van der Waals surface area contributed by atoms with Crippen LogP contribution in [0.25, 0.3) is 0 Å². The van der Waals surface area contributed by atoms with Gasteiger partial charge >= 0.3 is 0 Å². The molecule has 28 heavy (non-hydrogen) atoms. The molecule has 2 aromatic rings. The summed E-state index contributed by atoms with van der Waals surface area (Å²) in [6.45, 7) is 1.93. The van der Waals surface area contributed by atoms with Crippen LogP contribution < -0.4 is 0 Å². The lowest BCUT2D eigenvalue weighted by Crippen LogP contribution is -2.57. The Morgan fingerprint density at radius 3 is 2.32 bits per heavy atom. The quantitative estimate of drug-likeness (QED) is 0.727. The van der Waals surface area contributed by atoms with Crippen LogP contribution in [0.15, 0.2) is 42.5 Å². The first kappa shape index (κ1) is 19.2. The average molecular weight is 389 g/mol. The monoisotopic (exact) mass is 389 g/mol. The number of piperidine rings is 1. The van der Waals surface area contributed by atoms with Crippen LogP contribution in [0.3, 0.4) is 0 Å². The summed E-state index contributed by atoms with van der Waals surface area (Å²) in [7, 11) is 0. The van der Waals surface area contributed by atoms with Crippen LogP contribution in [0.4, 0.5) is 13.2 Å². The van der Waals surface area contributed by atoms with Gasteiger partial charge in [0.25, 0.3) is 0 Å². The van der Waals surface area contributed by atoms with Crippen molar-refractivity contribution in [2.75, 3.05) is 13.2 Å². The Balaban J connectivity index is 1.45. The Hall–Kier alpha value is -2.18. The number of nitrogens with zero attached hydrogens (tertiary/aromatic N) is 1. The van der Waals surface area contributed by atoms with Crippen molar-refractivity contribution in [1.82, 2.24) is 4.90 Å². The molecule has 0 aliphatic carbocycles. The van der Waals surface area contributed by atoms with Crippen molar-refractivity contribution >= 4 is 5.78 Å². The second-order valence-electron chi connectivity index (χ2n) is 7.65. The van der Waals surface area contributed by atoms with E-state index in [0.29, 0.717) is 26.1 Å². The first-order valence-corrected chi connectivity index (χ1v) is 9.55. The number of halogens is 3. The highest BCUT2D eigenvalue weighted by Gasteiger charge is 2.41. The average Bonchev–Trinajstić information content (AvgIpc) is 2.69. The molecule has 2 unspecified atom stereocenters. The maximum absolute atomic E-state index is 13.9. The highest BCUT2D eigenvalue weighted by atomic mass is 19.2. The van der Waals surface area contributed by atoms with Crippen LogP contribution in [-0.2, 0) is 22.5 Å². The maximum Gasteiger partial charge on any atom is 0.194 e. The summed E-state index contributed by atoms with van der Waals surface area (Å²) >= 11 is 0. The molecule has 148 valence electrons. The first-order chi connectivity index (χ1) is 13.5. The van der Waals surface area contributed by atoms with E-state index in [9.17, 15) is 18.0 Å². The van der Waals surface area contributed by atoms with Gasteiger partial charge in [0.05, 0.1) is 13.2 Å². The maximum atomic E-state index is 13.9. The van der Waals surface area contributed by atoms with Gasteiger partial charge in [0, 0.05) is 31.0 Å². The van der Waals surface area contributed by atoms with Gasteiger partial charge in [0.1, 0.15) is 5.78 Å². The van der Waals surface area contributed by atoms with Gasteiger partial charge in [-0.25, -0.2) is 13.2 Å². The van der Waals surface area contributed by atoms with Crippen LogP contribution in [0, 0.1) is 23.4 Å². The number of Topliss-reactive ketones (excluding diaryl/α,β-unsaturated/α-hetero) is 1. The molecule has 2 fully saturated rings. The molecule has 2 heterocycles. The van der Waals surface area contributed by atoms with E-state index in [-0.39, 0.29) is 35.8 Å². The molecular formula is C22H22F3NO2. The lowest BCUT2D eigenvalue weighted by molar-refractivity contribution is -0.133. The summed E-state index contributed by atoms with van der Waals surface area (Å²) in [6, 6.07) is 12.4. The Morgan fingerprint density at radius 1 is 0.964 bits per heavy atom. The number of ketones is 1. The van der Waals surface area contributed by atoms with Crippen molar-refractivity contribution in [3.05, 3.63) is 71.0 Å². The fourth-order valence-corrected chi connectivity index (χ4v) is 4.34. The second kappa shape index (κ2) is 8.05. The Bertz CT molecular complexity index is 844. The molecule has 2 aromatic carbocycles. The summed E-state index contributed by atoms with van der Waals surface area (Å²) < 4.78 is 46.2. The summed E-state index contributed by atoms with van der Waals surface area (Å²) in [5, 5.41) is 0. The molecule has 0 amide bonds. The molecule has 2 atom stereocenters. The molecule has 0 saturated carbocycles.